The number of aromatic nitrogens is 4. The molecule has 1 aliphatic rings. The molecule has 0 amide bonds. The number of nitrogens with zero attached hydrogens (tertiary/aromatic N) is 5. The predicted molar refractivity (Wildman–Crippen MR) is 127 cm³/mol. The Labute approximate surface area is 194 Å². The van der Waals surface area contributed by atoms with Crippen LogP contribution in [0.3, 0.4) is 0 Å². The molecule has 1 unspecified atom stereocenters. The van der Waals surface area contributed by atoms with E-state index in [9.17, 15) is 4.79 Å². The van der Waals surface area contributed by atoms with Crippen LogP contribution in [0.1, 0.15) is 54.6 Å². The van der Waals surface area contributed by atoms with Crippen molar-refractivity contribution in [2.75, 3.05) is 18.4 Å². The van der Waals surface area contributed by atoms with Crippen molar-refractivity contribution < 1.29 is 4.79 Å². The van der Waals surface area contributed by atoms with Gasteiger partial charge >= 0.3 is 0 Å². The molecule has 170 valence electrons. The Morgan fingerprint density at radius 2 is 2.15 bits per heavy atom. The molecule has 0 spiro atoms. The van der Waals surface area contributed by atoms with E-state index in [0.717, 1.165) is 48.4 Å². The van der Waals surface area contributed by atoms with Crippen LogP contribution in [0.15, 0.2) is 42.9 Å². The summed E-state index contributed by atoms with van der Waals surface area (Å²) >= 11 is 0. The van der Waals surface area contributed by atoms with Crippen LogP contribution in [0.5, 0.6) is 0 Å². The van der Waals surface area contributed by atoms with Gasteiger partial charge in [-0.2, -0.15) is 10.4 Å². The molecule has 2 N–H and O–H groups in total. The molecular weight excluding hydrogens is 414 g/mol. The quantitative estimate of drug-likeness (QED) is 0.495. The Hall–Kier alpha value is -3.57. The molecule has 0 aliphatic carbocycles. The standard InChI is InChI=1S/C25H29N7O/c1-3-18(12-26)11-23(33)19-6-8-20(9-7-19)24-17(2)13-28-25(31-24)30-21-14-29-32(16-21)22-5-4-10-27-15-22/h6-9,13-14,16,18,22,27H,3-5,10-11,15H2,1-2H3,(H,28,30,31)/t18-,22?/m1/s1. The largest absolute Gasteiger partial charge is 0.321 e. The number of rotatable bonds is 8. The van der Waals surface area contributed by atoms with E-state index in [1.807, 2.05) is 36.9 Å². The third-order valence-corrected chi connectivity index (χ3v) is 6.06. The molecule has 33 heavy (non-hydrogen) atoms. The fraction of sp³-hybridized carbons (Fsp3) is 0.400. The fourth-order valence-corrected chi connectivity index (χ4v) is 4.02. The summed E-state index contributed by atoms with van der Waals surface area (Å²) in [6.07, 6.45) is 8.77. The second-order valence-electron chi connectivity index (χ2n) is 8.50. The molecule has 0 radical (unpaired) electrons. The minimum Gasteiger partial charge on any atom is -0.321 e. The number of hydrogen-bond acceptors (Lipinski definition) is 7. The number of benzene rings is 1. The van der Waals surface area contributed by atoms with Crippen molar-refractivity contribution in [2.45, 2.75) is 45.6 Å². The zero-order chi connectivity index (χ0) is 23.2. The number of piperidine rings is 1. The maximum Gasteiger partial charge on any atom is 0.227 e. The predicted octanol–water partition coefficient (Wildman–Crippen LogP) is 4.44. The highest BCUT2D eigenvalue weighted by Gasteiger charge is 2.17. The summed E-state index contributed by atoms with van der Waals surface area (Å²) in [5.41, 5.74) is 4.12. The SMILES string of the molecule is CC[C@@H](C#N)CC(=O)c1ccc(-c2nc(Nc3cnn(C4CCCNC4)c3)ncc2C)cc1. The first-order chi connectivity index (χ1) is 16.1. The van der Waals surface area contributed by atoms with E-state index in [1.165, 1.54) is 0 Å². The van der Waals surface area contributed by atoms with E-state index in [2.05, 4.69) is 26.8 Å². The smallest absolute Gasteiger partial charge is 0.227 e. The van der Waals surface area contributed by atoms with Gasteiger partial charge < -0.3 is 10.6 Å². The van der Waals surface area contributed by atoms with Crippen molar-refractivity contribution in [1.29, 1.82) is 5.26 Å². The fourth-order valence-electron chi connectivity index (χ4n) is 4.02. The lowest BCUT2D eigenvalue weighted by Crippen LogP contribution is -2.31. The highest BCUT2D eigenvalue weighted by molar-refractivity contribution is 5.96. The number of nitrogens with one attached hydrogen (secondary N) is 2. The van der Waals surface area contributed by atoms with Crippen molar-refractivity contribution in [1.82, 2.24) is 25.1 Å². The first-order valence-electron chi connectivity index (χ1n) is 11.5. The molecular formula is C25H29N7O. The van der Waals surface area contributed by atoms with Crippen molar-refractivity contribution >= 4 is 17.4 Å². The zero-order valence-corrected chi connectivity index (χ0v) is 19.1. The van der Waals surface area contributed by atoms with Crippen molar-refractivity contribution in [2.24, 2.45) is 5.92 Å². The second kappa shape index (κ2) is 10.4. The highest BCUT2D eigenvalue weighted by Crippen LogP contribution is 2.25. The third-order valence-electron chi connectivity index (χ3n) is 6.06. The van der Waals surface area contributed by atoms with Gasteiger partial charge in [0.2, 0.25) is 5.95 Å². The maximum absolute atomic E-state index is 12.5. The Bertz CT molecular complexity index is 1140. The number of anilines is 2. The van der Waals surface area contributed by atoms with Crippen LogP contribution in [0.25, 0.3) is 11.3 Å². The molecule has 4 rings (SSSR count). The van der Waals surface area contributed by atoms with Crippen LogP contribution in [0.4, 0.5) is 11.6 Å². The van der Waals surface area contributed by atoms with Gasteiger partial charge in [0.1, 0.15) is 0 Å². The number of carbonyl (C=O) groups excluding carboxylic acids is 1. The Kier molecular flexibility index (Phi) is 7.10. The lowest BCUT2D eigenvalue weighted by atomic mass is 9.96. The van der Waals surface area contributed by atoms with Gasteiger partial charge in [-0.3, -0.25) is 9.48 Å². The van der Waals surface area contributed by atoms with Crippen LogP contribution in [-0.2, 0) is 0 Å². The van der Waals surface area contributed by atoms with E-state index in [0.29, 0.717) is 24.0 Å². The van der Waals surface area contributed by atoms with Gasteiger partial charge in [-0.15, -0.1) is 0 Å². The number of ketones is 1. The Morgan fingerprint density at radius 3 is 2.85 bits per heavy atom. The van der Waals surface area contributed by atoms with Gasteiger partial charge in [0, 0.05) is 36.5 Å². The van der Waals surface area contributed by atoms with Gasteiger partial charge in [-0.25, -0.2) is 9.97 Å². The van der Waals surface area contributed by atoms with Gasteiger partial charge in [0.05, 0.1) is 35.6 Å². The molecule has 1 saturated heterocycles. The van der Waals surface area contributed by atoms with Crippen molar-refractivity contribution in [3.63, 3.8) is 0 Å². The lowest BCUT2D eigenvalue weighted by molar-refractivity contribution is 0.0969. The van der Waals surface area contributed by atoms with Crippen LogP contribution < -0.4 is 10.6 Å². The monoisotopic (exact) mass is 443 g/mol. The van der Waals surface area contributed by atoms with E-state index >= 15 is 0 Å². The number of Topliss-reactive ketones (excluding diaryl/α,β-unsaturated/α-hetero) is 1. The van der Waals surface area contributed by atoms with Gasteiger partial charge in [-0.1, -0.05) is 31.2 Å². The summed E-state index contributed by atoms with van der Waals surface area (Å²) < 4.78 is 1.99. The Morgan fingerprint density at radius 1 is 1.33 bits per heavy atom. The maximum atomic E-state index is 12.5. The normalized spacial score (nSPS) is 16.7. The summed E-state index contributed by atoms with van der Waals surface area (Å²) in [5, 5.41) is 20.3. The molecule has 0 bridgehead atoms. The third kappa shape index (κ3) is 5.44. The molecule has 8 nitrogen and oxygen atoms in total. The summed E-state index contributed by atoms with van der Waals surface area (Å²) in [7, 11) is 0. The van der Waals surface area contributed by atoms with Crippen molar-refractivity contribution in [3.8, 4) is 17.3 Å². The average Bonchev–Trinajstić information content (AvgIpc) is 3.33. The summed E-state index contributed by atoms with van der Waals surface area (Å²) in [6, 6.07) is 9.96. The van der Waals surface area contributed by atoms with Crippen LogP contribution >= 0.6 is 0 Å². The highest BCUT2D eigenvalue weighted by atomic mass is 16.1. The molecule has 3 heterocycles. The molecule has 2 aromatic heterocycles. The van der Waals surface area contributed by atoms with Crippen molar-refractivity contribution in [3.05, 3.63) is 54.0 Å². The molecule has 1 aliphatic heterocycles. The minimum atomic E-state index is -0.242. The van der Waals surface area contributed by atoms with E-state index in [4.69, 9.17) is 10.2 Å². The van der Waals surface area contributed by atoms with E-state index in [1.54, 1.807) is 24.5 Å². The molecule has 1 aromatic carbocycles. The topological polar surface area (TPSA) is 109 Å². The first-order valence-corrected chi connectivity index (χ1v) is 11.5. The Balaban J connectivity index is 1.48. The molecule has 2 atom stereocenters. The molecule has 8 heteroatoms. The van der Waals surface area contributed by atoms with Crippen LogP contribution in [-0.4, -0.2) is 38.6 Å². The zero-order valence-electron chi connectivity index (χ0n) is 19.1. The van der Waals surface area contributed by atoms with Crippen LogP contribution in [0, 0.1) is 24.2 Å². The van der Waals surface area contributed by atoms with Gasteiger partial charge in [0.25, 0.3) is 0 Å². The number of aryl methyl sites for hydroxylation is 1. The van der Waals surface area contributed by atoms with E-state index < -0.39 is 0 Å². The second-order valence-corrected chi connectivity index (χ2v) is 8.50. The molecule has 1 fully saturated rings. The number of hydrogen-bond donors (Lipinski definition) is 2. The minimum absolute atomic E-state index is 0.0121. The molecule has 0 saturated carbocycles. The van der Waals surface area contributed by atoms with Gasteiger partial charge in [-0.05, 0) is 38.3 Å². The summed E-state index contributed by atoms with van der Waals surface area (Å²) in [6.45, 7) is 5.88. The summed E-state index contributed by atoms with van der Waals surface area (Å²) in [4.78, 5) is 21.6. The number of carbonyl (C=O) groups is 1. The summed E-state index contributed by atoms with van der Waals surface area (Å²) in [5.74, 6) is 0.243. The van der Waals surface area contributed by atoms with Crippen LogP contribution in [0.2, 0.25) is 0 Å². The van der Waals surface area contributed by atoms with E-state index in [-0.39, 0.29) is 18.1 Å². The average molecular weight is 444 g/mol. The first kappa shape index (κ1) is 22.6. The number of nitriles is 1. The van der Waals surface area contributed by atoms with Gasteiger partial charge in [0.15, 0.2) is 5.78 Å². The lowest BCUT2D eigenvalue weighted by Gasteiger charge is -2.22. The molecule has 3 aromatic rings.